The average molecular weight is 216 g/mol. The molecule has 1 rings (SSSR count). The molecule has 0 spiro atoms. The van der Waals surface area contributed by atoms with E-state index in [4.69, 9.17) is 4.74 Å². The van der Waals surface area contributed by atoms with Crippen molar-refractivity contribution in [2.24, 2.45) is 0 Å². The maximum Gasteiger partial charge on any atom is 0.216 e. The number of rotatable bonds is 3. The van der Waals surface area contributed by atoms with Gasteiger partial charge in [0.1, 0.15) is 0 Å². The Bertz CT molecular complexity index is 192. The lowest BCUT2D eigenvalue weighted by Crippen LogP contribution is -2.51. The first-order valence-electron chi connectivity index (χ1n) is 5.69. The first-order valence-corrected chi connectivity index (χ1v) is 5.69. The van der Waals surface area contributed by atoms with E-state index in [-0.39, 0.29) is 5.60 Å². The Kier molecular flexibility index (Phi) is 4.52. The summed E-state index contributed by atoms with van der Waals surface area (Å²) in [4.78, 5) is 1.98. The summed E-state index contributed by atoms with van der Waals surface area (Å²) in [6.07, 6.45) is 1.51. The summed E-state index contributed by atoms with van der Waals surface area (Å²) in [7, 11) is 1.96. The molecule has 2 unspecified atom stereocenters. The molecule has 1 heterocycles. The van der Waals surface area contributed by atoms with E-state index in [1.807, 2.05) is 32.7 Å². The van der Waals surface area contributed by atoms with Crippen molar-refractivity contribution in [3.63, 3.8) is 0 Å². The first kappa shape index (κ1) is 12.9. The molecule has 1 aliphatic heterocycles. The Hall–Kier alpha value is -0.160. The van der Waals surface area contributed by atoms with Gasteiger partial charge in [-0.3, -0.25) is 4.90 Å². The van der Waals surface area contributed by atoms with Crippen LogP contribution in [0.25, 0.3) is 0 Å². The van der Waals surface area contributed by atoms with Crippen molar-refractivity contribution in [1.82, 2.24) is 10.2 Å². The van der Waals surface area contributed by atoms with E-state index in [0.29, 0.717) is 6.04 Å². The van der Waals surface area contributed by atoms with Gasteiger partial charge in [0.15, 0.2) is 0 Å². The SMILES string of the molecule is CNC1CCCN(C(O)OC(C)(C)C)C1. The molecule has 4 nitrogen and oxygen atoms in total. The lowest BCUT2D eigenvalue weighted by atomic mass is 10.1. The predicted octanol–water partition coefficient (Wildman–Crippen LogP) is 0.761. The van der Waals surface area contributed by atoms with Gasteiger partial charge in [0.25, 0.3) is 0 Å². The van der Waals surface area contributed by atoms with Gasteiger partial charge in [0, 0.05) is 19.1 Å². The van der Waals surface area contributed by atoms with E-state index < -0.39 is 6.41 Å². The Morgan fingerprint density at radius 3 is 2.67 bits per heavy atom. The van der Waals surface area contributed by atoms with E-state index in [2.05, 4.69) is 5.32 Å². The summed E-state index contributed by atoms with van der Waals surface area (Å²) >= 11 is 0. The maximum atomic E-state index is 9.90. The third kappa shape index (κ3) is 4.47. The van der Waals surface area contributed by atoms with Gasteiger partial charge in [-0.05, 0) is 40.7 Å². The zero-order valence-electron chi connectivity index (χ0n) is 10.3. The highest BCUT2D eigenvalue weighted by atomic mass is 16.6. The van der Waals surface area contributed by atoms with Crippen LogP contribution in [0.5, 0.6) is 0 Å². The molecule has 0 aromatic heterocycles. The number of hydrogen-bond donors (Lipinski definition) is 2. The summed E-state index contributed by atoms with van der Waals surface area (Å²) in [5, 5.41) is 13.1. The minimum atomic E-state index is -0.777. The topological polar surface area (TPSA) is 44.7 Å². The molecule has 2 atom stereocenters. The highest BCUT2D eigenvalue weighted by molar-refractivity contribution is 4.77. The van der Waals surface area contributed by atoms with Crippen LogP contribution in [0.3, 0.4) is 0 Å². The second kappa shape index (κ2) is 5.25. The second-order valence-electron chi connectivity index (χ2n) is 5.18. The lowest BCUT2D eigenvalue weighted by molar-refractivity contribution is -0.243. The number of likely N-dealkylation sites (N-methyl/N-ethyl adjacent to an activating group) is 1. The molecule has 0 aromatic rings. The van der Waals surface area contributed by atoms with Crippen molar-refractivity contribution >= 4 is 0 Å². The fraction of sp³-hybridized carbons (Fsp3) is 1.00. The van der Waals surface area contributed by atoms with E-state index in [0.717, 1.165) is 19.5 Å². The molecule has 1 saturated heterocycles. The summed E-state index contributed by atoms with van der Waals surface area (Å²) in [5.41, 5.74) is -0.300. The van der Waals surface area contributed by atoms with E-state index in [1.54, 1.807) is 0 Å². The zero-order chi connectivity index (χ0) is 11.5. The van der Waals surface area contributed by atoms with Crippen LogP contribution in [0, 0.1) is 0 Å². The van der Waals surface area contributed by atoms with Crippen LogP contribution < -0.4 is 5.32 Å². The molecular weight excluding hydrogens is 192 g/mol. The van der Waals surface area contributed by atoms with Crippen LogP contribution in [0.2, 0.25) is 0 Å². The van der Waals surface area contributed by atoms with Gasteiger partial charge in [-0.1, -0.05) is 0 Å². The number of nitrogens with one attached hydrogen (secondary N) is 1. The zero-order valence-corrected chi connectivity index (χ0v) is 10.3. The monoisotopic (exact) mass is 216 g/mol. The smallest absolute Gasteiger partial charge is 0.216 e. The van der Waals surface area contributed by atoms with Gasteiger partial charge in [-0.25, -0.2) is 0 Å². The fourth-order valence-electron chi connectivity index (χ4n) is 1.83. The van der Waals surface area contributed by atoms with Crippen molar-refractivity contribution in [2.45, 2.75) is 51.7 Å². The molecule has 2 N–H and O–H groups in total. The van der Waals surface area contributed by atoms with Crippen LogP contribution in [0.1, 0.15) is 33.6 Å². The highest BCUT2D eigenvalue weighted by Crippen LogP contribution is 2.16. The van der Waals surface area contributed by atoms with Crippen molar-refractivity contribution in [1.29, 1.82) is 0 Å². The quantitative estimate of drug-likeness (QED) is 0.684. The van der Waals surface area contributed by atoms with Gasteiger partial charge in [0.2, 0.25) is 6.41 Å². The Morgan fingerprint density at radius 2 is 2.13 bits per heavy atom. The van der Waals surface area contributed by atoms with E-state index in [9.17, 15) is 5.11 Å². The number of hydrogen-bond acceptors (Lipinski definition) is 4. The molecule has 0 amide bonds. The van der Waals surface area contributed by atoms with Gasteiger partial charge in [0.05, 0.1) is 5.60 Å². The Morgan fingerprint density at radius 1 is 1.47 bits per heavy atom. The highest BCUT2D eigenvalue weighted by Gasteiger charge is 2.27. The molecule has 90 valence electrons. The molecule has 0 radical (unpaired) electrons. The molecule has 1 aliphatic rings. The number of ether oxygens (including phenoxy) is 1. The average Bonchev–Trinajstić information content (AvgIpc) is 2.15. The minimum absolute atomic E-state index is 0.300. The first-order chi connectivity index (χ1) is 6.92. The standard InChI is InChI=1S/C11H24N2O2/c1-11(2,3)15-10(14)13-7-5-6-9(8-13)12-4/h9-10,12,14H,5-8H2,1-4H3. The van der Waals surface area contributed by atoms with Crippen LogP contribution >= 0.6 is 0 Å². The number of likely N-dealkylation sites (tertiary alicyclic amines) is 1. The number of aliphatic hydroxyl groups excluding tert-OH is 1. The fourth-order valence-corrected chi connectivity index (χ4v) is 1.83. The van der Waals surface area contributed by atoms with E-state index >= 15 is 0 Å². The summed E-state index contributed by atoms with van der Waals surface area (Å²) in [6.45, 7) is 7.63. The summed E-state index contributed by atoms with van der Waals surface area (Å²) < 4.78 is 5.52. The molecular formula is C11H24N2O2. The predicted molar refractivity (Wildman–Crippen MR) is 60.5 cm³/mol. The molecule has 0 aliphatic carbocycles. The Balaban J connectivity index is 2.41. The molecule has 0 aromatic carbocycles. The van der Waals surface area contributed by atoms with Crippen LogP contribution in [0.15, 0.2) is 0 Å². The van der Waals surface area contributed by atoms with Crippen molar-refractivity contribution in [2.75, 3.05) is 20.1 Å². The molecule has 0 saturated carbocycles. The summed E-state index contributed by atoms with van der Waals surface area (Å²) in [5.74, 6) is 0. The van der Waals surface area contributed by atoms with Crippen molar-refractivity contribution in [3.05, 3.63) is 0 Å². The van der Waals surface area contributed by atoms with Gasteiger partial charge in [-0.15, -0.1) is 0 Å². The Labute approximate surface area is 92.6 Å². The van der Waals surface area contributed by atoms with Crippen molar-refractivity contribution < 1.29 is 9.84 Å². The van der Waals surface area contributed by atoms with E-state index in [1.165, 1.54) is 6.42 Å². The normalized spacial score (nSPS) is 26.6. The van der Waals surface area contributed by atoms with Gasteiger partial charge in [-0.2, -0.15) is 0 Å². The lowest BCUT2D eigenvalue weighted by Gasteiger charge is -2.37. The number of aliphatic hydroxyl groups is 1. The van der Waals surface area contributed by atoms with Crippen LogP contribution in [-0.4, -0.2) is 48.2 Å². The molecule has 0 bridgehead atoms. The summed E-state index contributed by atoms with van der Waals surface area (Å²) in [6, 6.07) is 0.469. The molecule has 1 fully saturated rings. The largest absolute Gasteiger partial charge is 0.356 e. The third-order valence-electron chi connectivity index (χ3n) is 2.63. The van der Waals surface area contributed by atoms with Crippen molar-refractivity contribution in [3.8, 4) is 0 Å². The van der Waals surface area contributed by atoms with Crippen LogP contribution in [0.4, 0.5) is 0 Å². The number of nitrogens with zero attached hydrogens (tertiary/aromatic N) is 1. The molecule has 15 heavy (non-hydrogen) atoms. The molecule has 4 heteroatoms. The van der Waals surface area contributed by atoms with Gasteiger partial charge >= 0.3 is 0 Å². The van der Waals surface area contributed by atoms with Gasteiger partial charge < -0.3 is 15.2 Å². The minimum Gasteiger partial charge on any atom is -0.356 e. The van der Waals surface area contributed by atoms with Crippen LogP contribution in [-0.2, 0) is 4.74 Å². The number of piperidine rings is 1. The maximum absolute atomic E-state index is 9.90. The third-order valence-corrected chi connectivity index (χ3v) is 2.63. The second-order valence-corrected chi connectivity index (χ2v) is 5.18.